The number of benzene rings is 3. The maximum absolute atomic E-state index is 6.05. The monoisotopic (exact) mass is 573 g/mol. The van der Waals surface area contributed by atoms with Crippen molar-refractivity contribution in [2.24, 2.45) is 0 Å². The number of ether oxygens (including phenoxy) is 2. The molecule has 0 spiro atoms. The normalized spacial score (nSPS) is 11.3. The Labute approximate surface area is 251 Å². The van der Waals surface area contributed by atoms with Gasteiger partial charge in [-0.2, -0.15) is 0 Å². The standard InChI is InChI=1S/C35H44ClN3O2/c1-5-9-12-34-37-35(27-13-19-30(20-14-27)40-26-10-25-38(7-3)8-4)33(11-6-2)39(34)29-17-23-32(24-18-29)41-31-21-15-28(36)16-22-31/h13-24H,5-12,25-26H2,1-4H3. The topological polar surface area (TPSA) is 39.5 Å². The van der Waals surface area contributed by atoms with E-state index in [0.717, 1.165) is 105 Å². The molecule has 5 nitrogen and oxygen atoms in total. The van der Waals surface area contributed by atoms with Gasteiger partial charge < -0.3 is 18.9 Å². The second kappa shape index (κ2) is 15.6. The first-order chi connectivity index (χ1) is 20.1. The van der Waals surface area contributed by atoms with Crippen molar-refractivity contribution >= 4 is 11.6 Å². The van der Waals surface area contributed by atoms with Crippen LogP contribution < -0.4 is 9.47 Å². The molecule has 0 saturated heterocycles. The van der Waals surface area contributed by atoms with E-state index in [9.17, 15) is 0 Å². The molecule has 0 aliphatic carbocycles. The highest BCUT2D eigenvalue weighted by Crippen LogP contribution is 2.32. The SMILES string of the molecule is CCCCc1nc(-c2ccc(OCCCN(CC)CC)cc2)c(CCC)n1-c1ccc(Oc2ccc(Cl)cc2)cc1. The summed E-state index contributed by atoms with van der Waals surface area (Å²) in [4.78, 5) is 7.65. The van der Waals surface area contributed by atoms with E-state index in [0.29, 0.717) is 5.02 Å². The van der Waals surface area contributed by atoms with Gasteiger partial charge in [0.15, 0.2) is 0 Å². The van der Waals surface area contributed by atoms with Gasteiger partial charge in [0.05, 0.1) is 18.0 Å². The predicted octanol–water partition coefficient (Wildman–Crippen LogP) is 9.39. The van der Waals surface area contributed by atoms with Gasteiger partial charge in [0.25, 0.3) is 0 Å². The molecule has 218 valence electrons. The second-order valence-electron chi connectivity index (χ2n) is 10.3. The summed E-state index contributed by atoms with van der Waals surface area (Å²) in [6.07, 6.45) is 6.17. The summed E-state index contributed by atoms with van der Waals surface area (Å²) in [6, 6.07) is 24.2. The smallest absolute Gasteiger partial charge is 0.127 e. The van der Waals surface area contributed by atoms with E-state index in [1.165, 1.54) is 5.69 Å². The number of unbranched alkanes of at least 4 members (excludes halogenated alkanes) is 1. The van der Waals surface area contributed by atoms with Crippen LogP contribution in [0.5, 0.6) is 17.2 Å². The van der Waals surface area contributed by atoms with Crippen LogP contribution in [0, 0.1) is 0 Å². The van der Waals surface area contributed by atoms with Crippen molar-refractivity contribution in [1.82, 2.24) is 14.5 Å². The van der Waals surface area contributed by atoms with Crippen molar-refractivity contribution in [3.8, 4) is 34.2 Å². The Hall–Kier alpha value is -3.28. The molecule has 0 fully saturated rings. The van der Waals surface area contributed by atoms with Gasteiger partial charge in [-0.15, -0.1) is 0 Å². The number of imidazole rings is 1. The van der Waals surface area contributed by atoms with Gasteiger partial charge in [-0.3, -0.25) is 0 Å². The Bertz CT molecular complexity index is 1330. The van der Waals surface area contributed by atoms with Crippen molar-refractivity contribution in [2.45, 2.75) is 66.2 Å². The number of aromatic nitrogens is 2. The second-order valence-corrected chi connectivity index (χ2v) is 10.8. The Balaban J connectivity index is 1.56. The van der Waals surface area contributed by atoms with Crippen molar-refractivity contribution < 1.29 is 9.47 Å². The zero-order chi connectivity index (χ0) is 29.0. The summed E-state index contributed by atoms with van der Waals surface area (Å²) < 4.78 is 14.5. The average molecular weight is 574 g/mol. The molecule has 0 N–H and O–H groups in total. The van der Waals surface area contributed by atoms with Crippen molar-refractivity contribution in [1.29, 1.82) is 0 Å². The highest BCUT2D eigenvalue weighted by Gasteiger charge is 2.19. The fourth-order valence-corrected chi connectivity index (χ4v) is 5.17. The molecule has 4 aromatic rings. The van der Waals surface area contributed by atoms with E-state index in [-0.39, 0.29) is 0 Å². The van der Waals surface area contributed by atoms with Gasteiger partial charge in [-0.25, -0.2) is 4.98 Å². The van der Waals surface area contributed by atoms with E-state index in [1.807, 2.05) is 36.4 Å². The van der Waals surface area contributed by atoms with Crippen molar-refractivity contribution in [3.63, 3.8) is 0 Å². The van der Waals surface area contributed by atoms with Gasteiger partial charge in [0.2, 0.25) is 0 Å². The number of hydrogen-bond donors (Lipinski definition) is 0. The third kappa shape index (κ3) is 8.37. The van der Waals surface area contributed by atoms with Crippen molar-refractivity contribution in [2.75, 3.05) is 26.2 Å². The van der Waals surface area contributed by atoms with Crippen LogP contribution in [0.3, 0.4) is 0 Å². The molecule has 0 atom stereocenters. The maximum atomic E-state index is 6.05. The molecule has 0 amide bonds. The highest BCUT2D eigenvalue weighted by molar-refractivity contribution is 6.30. The number of rotatable bonds is 16. The third-order valence-corrected chi connectivity index (χ3v) is 7.59. The van der Waals surface area contributed by atoms with Gasteiger partial charge in [0.1, 0.15) is 23.1 Å². The van der Waals surface area contributed by atoms with Crippen LogP contribution >= 0.6 is 11.6 Å². The summed E-state index contributed by atoms with van der Waals surface area (Å²) in [6.45, 7) is 12.8. The van der Waals surface area contributed by atoms with Crippen LogP contribution in [0.1, 0.15) is 64.9 Å². The van der Waals surface area contributed by atoms with Crippen LogP contribution in [0.25, 0.3) is 16.9 Å². The number of halogens is 1. The van der Waals surface area contributed by atoms with Gasteiger partial charge in [0, 0.05) is 29.2 Å². The molecule has 0 aliphatic rings. The summed E-state index contributed by atoms with van der Waals surface area (Å²) >= 11 is 6.02. The van der Waals surface area contributed by atoms with E-state index in [1.54, 1.807) is 0 Å². The number of hydrogen-bond acceptors (Lipinski definition) is 4. The molecule has 1 heterocycles. The lowest BCUT2D eigenvalue weighted by Crippen LogP contribution is -2.25. The lowest BCUT2D eigenvalue weighted by atomic mass is 10.1. The minimum absolute atomic E-state index is 0.694. The lowest BCUT2D eigenvalue weighted by molar-refractivity contribution is 0.249. The summed E-state index contributed by atoms with van der Waals surface area (Å²) in [5.74, 6) is 3.57. The summed E-state index contributed by atoms with van der Waals surface area (Å²) in [7, 11) is 0. The fourth-order valence-electron chi connectivity index (χ4n) is 5.04. The quantitative estimate of drug-likeness (QED) is 0.125. The predicted molar refractivity (Wildman–Crippen MR) is 171 cm³/mol. The van der Waals surface area contributed by atoms with Crippen LogP contribution in [0.2, 0.25) is 5.02 Å². The third-order valence-electron chi connectivity index (χ3n) is 7.34. The Kier molecular flexibility index (Phi) is 11.7. The molecule has 4 rings (SSSR count). The van der Waals surface area contributed by atoms with Crippen LogP contribution in [0.4, 0.5) is 0 Å². The zero-order valence-electron chi connectivity index (χ0n) is 25.0. The first kappa shape index (κ1) is 30.7. The number of nitrogens with zero attached hydrogens (tertiary/aromatic N) is 3. The van der Waals surface area contributed by atoms with Gasteiger partial charge >= 0.3 is 0 Å². The summed E-state index contributed by atoms with van der Waals surface area (Å²) in [5.41, 5.74) is 4.54. The van der Waals surface area contributed by atoms with Gasteiger partial charge in [-0.1, -0.05) is 52.1 Å². The van der Waals surface area contributed by atoms with E-state index < -0.39 is 0 Å². The molecule has 6 heteroatoms. The van der Waals surface area contributed by atoms with E-state index in [2.05, 4.69) is 73.6 Å². The number of aryl methyl sites for hydroxylation is 1. The van der Waals surface area contributed by atoms with E-state index >= 15 is 0 Å². The van der Waals surface area contributed by atoms with Crippen molar-refractivity contribution in [3.05, 3.63) is 89.3 Å². The maximum Gasteiger partial charge on any atom is 0.127 e. The van der Waals surface area contributed by atoms with Crippen LogP contribution in [-0.4, -0.2) is 40.7 Å². The summed E-state index contributed by atoms with van der Waals surface area (Å²) in [5, 5.41) is 0.694. The molecule has 1 aromatic heterocycles. The Morgan fingerprint density at radius 2 is 1.37 bits per heavy atom. The molecule has 41 heavy (non-hydrogen) atoms. The van der Waals surface area contributed by atoms with Crippen LogP contribution in [-0.2, 0) is 12.8 Å². The van der Waals surface area contributed by atoms with E-state index in [4.69, 9.17) is 26.1 Å². The largest absolute Gasteiger partial charge is 0.494 e. The minimum Gasteiger partial charge on any atom is -0.494 e. The average Bonchev–Trinajstić information content (AvgIpc) is 3.36. The molecule has 0 saturated carbocycles. The molecular weight excluding hydrogens is 530 g/mol. The molecule has 0 aliphatic heterocycles. The van der Waals surface area contributed by atoms with Gasteiger partial charge in [-0.05, 0) is 105 Å². The molecule has 3 aromatic carbocycles. The lowest BCUT2D eigenvalue weighted by Gasteiger charge is -2.17. The Morgan fingerprint density at radius 1 is 0.732 bits per heavy atom. The fraction of sp³-hybridized carbons (Fsp3) is 0.400. The van der Waals surface area contributed by atoms with Crippen LogP contribution in [0.15, 0.2) is 72.8 Å². The zero-order valence-corrected chi connectivity index (χ0v) is 25.8. The molecule has 0 bridgehead atoms. The molecule has 0 unspecified atom stereocenters. The molecule has 0 radical (unpaired) electrons. The molecular formula is C35H44ClN3O2. The first-order valence-electron chi connectivity index (χ1n) is 15.2. The first-order valence-corrected chi connectivity index (χ1v) is 15.5. The highest BCUT2D eigenvalue weighted by atomic mass is 35.5. The minimum atomic E-state index is 0.694. The Morgan fingerprint density at radius 3 is 1.98 bits per heavy atom.